The van der Waals surface area contributed by atoms with E-state index in [4.69, 9.17) is 15.9 Å². The van der Waals surface area contributed by atoms with Gasteiger partial charge in [-0.3, -0.25) is 24.0 Å². The lowest BCUT2D eigenvalue weighted by Crippen LogP contribution is -2.55. The van der Waals surface area contributed by atoms with Gasteiger partial charge in [-0.2, -0.15) is 12.6 Å². The second kappa shape index (κ2) is 16.8. The number of rotatable bonds is 16. The summed E-state index contributed by atoms with van der Waals surface area (Å²) in [6, 6.07) is 0.294. The zero-order chi connectivity index (χ0) is 29.5. The van der Waals surface area contributed by atoms with Gasteiger partial charge in [-0.05, 0) is 17.7 Å². The maximum atomic E-state index is 12.6. The molecule has 1 aromatic rings. The molecular weight excluding hydrogens is 540 g/mol. The van der Waals surface area contributed by atoms with E-state index in [2.05, 4.69) is 39.2 Å². The summed E-state index contributed by atoms with van der Waals surface area (Å²) in [4.78, 5) is 72.1. The van der Waals surface area contributed by atoms with Gasteiger partial charge < -0.3 is 52.7 Å². The highest BCUT2D eigenvalue weighted by molar-refractivity contribution is 7.80. The first-order valence-electron chi connectivity index (χ1n) is 11.4. The lowest BCUT2D eigenvalue weighted by molar-refractivity contribution is -0.143. The van der Waals surface area contributed by atoms with Crippen molar-refractivity contribution in [2.24, 2.45) is 5.73 Å². The maximum absolute atomic E-state index is 12.6. The minimum atomic E-state index is -1.62. The van der Waals surface area contributed by atoms with Gasteiger partial charge in [0.05, 0.1) is 32.3 Å². The van der Waals surface area contributed by atoms with Gasteiger partial charge >= 0.3 is 5.97 Å². The average molecular weight is 573 g/mol. The molecule has 0 radical (unpaired) electrons. The number of phenols is 1. The van der Waals surface area contributed by atoms with E-state index < -0.39 is 86.0 Å². The lowest BCUT2D eigenvalue weighted by Gasteiger charge is -2.21. The Morgan fingerprint density at radius 1 is 0.769 bits per heavy atom. The molecule has 0 aliphatic carbocycles. The Labute approximate surface area is 228 Å². The molecule has 0 unspecified atom stereocenters. The smallest absolute Gasteiger partial charge is 0.328 e. The Bertz CT molecular complexity index is 1030. The second-order valence-electron chi connectivity index (χ2n) is 8.10. The van der Waals surface area contributed by atoms with Crippen molar-refractivity contribution in [1.29, 1.82) is 0 Å². The van der Waals surface area contributed by atoms with Gasteiger partial charge in [0.2, 0.25) is 29.5 Å². The summed E-state index contributed by atoms with van der Waals surface area (Å²) in [6.45, 7) is -2.92. The number of nitrogens with two attached hydrogens (primary N) is 1. The van der Waals surface area contributed by atoms with Crippen LogP contribution in [0.1, 0.15) is 5.56 Å². The molecule has 0 bridgehead atoms. The van der Waals surface area contributed by atoms with Crippen LogP contribution in [0.15, 0.2) is 24.3 Å². The van der Waals surface area contributed by atoms with Crippen LogP contribution in [0.3, 0.4) is 0 Å². The minimum absolute atomic E-state index is 0.00486. The van der Waals surface area contributed by atoms with Crippen LogP contribution in [0, 0.1) is 0 Å². The molecule has 16 nitrogen and oxygen atoms in total. The van der Waals surface area contributed by atoms with Crippen LogP contribution in [0.5, 0.6) is 5.75 Å². The van der Waals surface area contributed by atoms with Crippen molar-refractivity contribution in [1.82, 2.24) is 26.6 Å². The fraction of sp³-hybridized carbons (Fsp3) is 0.455. The molecule has 39 heavy (non-hydrogen) atoms. The first-order chi connectivity index (χ1) is 18.4. The fourth-order valence-corrected chi connectivity index (χ4v) is 3.03. The molecule has 1 rings (SSSR count). The topological polar surface area (TPSA) is 270 Å². The number of phenolic OH excluding ortho intramolecular Hbond substituents is 1. The summed E-state index contributed by atoms with van der Waals surface area (Å²) in [6.07, 6.45) is -0.120. The number of carboxylic acids is 1. The van der Waals surface area contributed by atoms with Gasteiger partial charge in [-0.1, -0.05) is 12.1 Å². The summed E-state index contributed by atoms with van der Waals surface area (Å²) in [7, 11) is 0. The predicted octanol–water partition coefficient (Wildman–Crippen LogP) is -5.05. The molecule has 0 heterocycles. The van der Waals surface area contributed by atoms with Crippen LogP contribution >= 0.6 is 12.6 Å². The highest BCUT2D eigenvalue weighted by Gasteiger charge is 2.27. The van der Waals surface area contributed by atoms with Gasteiger partial charge in [0.15, 0.2) is 0 Å². The Hall–Kier alpha value is -3.93. The third-order valence-corrected chi connectivity index (χ3v) is 5.44. The van der Waals surface area contributed by atoms with E-state index in [1.54, 1.807) is 0 Å². The van der Waals surface area contributed by atoms with Crippen molar-refractivity contribution in [3.63, 3.8) is 0 Å². The Kier molecular flexibility index (Phi) is 14.3. The number of aliphatic hydroxyl groups excluding tert-OH is 2. The molecule has 17 heteroatoms. The van der Waals surface area contributed by atoms with Crippen molar-refractivity contribution >= 4 is 48.1 Å². The maximum Gasteiger partial charge on any atom is 0.328 e. The van der Waals surface area contributed by atoms with Crippen LogP contribution in [-0.4, -0.2) is 112 Å². The number of aromatic hydroxyl groups is 1. The number of amides is 5. The van der Waals surface area contributed by atoms with E-state index in [0.717, 1.165) is 0 Å². The van der Waals surface area contributed by atoms with E-state index in [-0.39, 0.29) is 17.9 Å². The Morgan fingerprint density at radius 3 is 1.87 bits per heavy atom. The number of hydrogen-bond acceptors (Lipinski definition) is 11. The molecular formula is C22H32N6O10S. The molecule has 0 fully saturated rings. The quantitative estimate of drug-likeness (QED) is 0.0834. The van der Waals surface area contributed by atoms with Crippen LogP contribution in [0.2, 0.25) is 0 Å². The normalized spacial score (nSPS) is 13.6. The number of nitrogens with one attached hydrogen (secondary N) is 5. The third-order valence-electron chi connectivity index (χ3n) is 5.04. The zero-order valence-electron chi connectivity index (χ0n) is 20.6. The van der Waals surface area contributed by atoms with Gasteiger partial charge in [0, 0.05) is 12.2 Å². The third kappa shape index (κ3) is 12.0. The monoisotopic (exact) mass is 572 g/mol. The highest BCUT2D eigenvalue weighted by Crippen LogP contribution is 2.11. The van der Waals surface area contributed by atoms with Crippen LogP contribution in [0.25, 0.3) is 0 Å². The van der Waals surface area contributed by atoms with E-state index in [0.29, 0.717) is 5.56 Å². The predicted molar refractivity (Wildman–Crippen MR) is 137 cm³/mol. The number of aliphatic hydroxyl groups is 2. The number of hydrogen-bond donors (Lipinski definition) is 11. The van der Waals surface area contributed by atoms with Crippen molar-refractivity contribution in [3.05, 3.63) is 29.8 Å². The van der Waals surface area contributed by atoms with Gasteiger partial charge in [-0.15, -0.1) is 0 Å². The molecule has 0 spiro atoms. The van der Waals surface area contributed by atoms with E-state index in [1.165, 1.54) is 24.3 Å². The standard InChI is InChI=1S/C22H32N6O10S/c23-13(10-39)19(34)27-15(8-29)20(35)25-6-17(32)24-7-18(33)26-14(5-11-1-3-12(31)4-2-11)21(36)28-16(9-30)22(37)38/h1-4,13-16,29-31,39H,5-10,23H2,(H,24,32)(H,25,35)(H,26,33)(H,27,34)(H,28,36)(H,37,38)/t13-,14-,15-,16-/m0/s1. The molecule has 0 aliphatic rings. The Balaban J connectivity index is 2.69. The van der Waals surface area contributed by atoms with E-state index in [1.807, 2.05) is 0 Å². The van der Waals surface area contributed by atoms with Gasteiger partial charge in [0.25, 0.3) is 0 Å². The Morgan fingerprint density at radius 2 is 1.33 bits per heavy atom. The molecule has 1 aromatic carbocycles. The number of thiol groups is 1. The molecule has 0 saturated carbocycles. The van der Waals surface area contributed by atoms with Crippen LogP contribution in [-0.2, 0) is 35.2 Å². The summed E-state index contributed by atoms with van der Waals surface area (Å²) < 4.78 is 0. The van der Waals surface area contributed by atoms with Gasteiger partial charge in [0.1, 0.15) is 23.9 Å². The van der Waals surface area contributed by atoms with Crippen LogP contribution in [0.4, 0.5) is 0 Å². The van der Waals surface area contributed by atoms with E-state index in [9.17, 15) is 39.0 Å². The molecule has 0 aliphatic heterocycles. The number of carboxylic acid groups (broad SMARTS) is 1. The first-order valence-corrected chi connectivity index (χ1v) is 12.1. The molecule has 216 valence electrons. The molecule has 0 saturated heterocycles. The van der Waals surface area contributed by atoms with Crippen LogP contribution < -0.4 is 32.3 Å². The fourth-order valence-electron chi connectivity index (χ4n) is 2.87. The molecule has 0 aromatic heterocycles. The number of carbonyl (C=O) groups is 6. The van der Waals surface area contributed by atoms with Gasteiger partial charge in [-0.25, -0.2) is 4.79 Å². The molecule has 11 N–H and O–H groups in total. The SMILES string of the molecule is N[C@@H](CS)C(=O)N[C@@H](CO)C(=O)NCC(=O)NCC(=O)N[C@@H](Cc1ccc(O)cc1)C(=O)N[C@@H](CO)C(=O)O. The first kappa shape index (κ1) is 33.1. The number of aliphatic carboxylic acids is 1. The summed E-state index contributed by atoms with van der Waals surface area (Å²) in [5.74, 6) is -5.76. The average Bonchev–Trinajstić information content (AvgIpc) is 2.91. The molecule has 5 amide bonds. The van der Waals surface area contributed by atoms with Crippen molar-refractivity contribution < 1.29 is 49.2 Å². The molecule has 4 atom stereocenters. The van der Waals surface area contributed by atoms with Crippen molar-refractivity contribution in [3.8, 4) is 5.75 Å². The van der Waals surface area contributed by atoms with Crippen molar-refractivity contribution in [2.75, 3.05) is 32.1 Å². The summed E-state index contributed by atoms with van der Waals surface area (Å²) in [5, 5.41) is 48.0. The van der Waals surface area contributed by atoms with Crippen molar-refractivity contribution in [2.45, 2.75) is 30.6 Å². The summed E-state index contributed by atoms with van der Waals surface area (Å²) >= 11 is 3.85. The number of carbonyl (C=O) groups excluding carboxylic acids is 5. The zero-order valence-corrected chi connectivity index (χ0v) is 21.5. The largest absolute Gasteiger partial charge is 0.508 e. The second-order valence-corrected chi connectivity index (χ2v) is 8.47. The summed E-state index contributed by atoms with van der Waals surface area (Å²) in [5.41, 5.74) is 5.98. The number of benzene rings is 1. The highest BCUT2D eigenvalue weighted by atomic mass is 32.1. The minimum Gasteiger partial charge on any atom is -0.508 e. The lowest BCUT2D eigenvalue weighted by atomic mass is 10.0. The van der Waals surface area contributed by atoms with E-state index >= 15 is 0 Å².